The van der Waals surface area contributed by atoms with E-state index in [1.165, 1.54) is 0 Å². The van der Waals surface area contributed by atoms with E-state index in [0.717, 1.165) is 23.1 Å². The van der Waals surface area contributed by atoms with E-state index >= 15 is 0 Å². The Kier molecular flexibility index (Phi) is 4.43. The second kappa shape index (κ2) is 6.06. The molecule has 2 aromatic heterocycles. The number of methoxy groups -OCH3 is 1. The van der Waals surface area contributed by atoms with E-state index in [2.05, 4.69) is 9.69 Å². The van der Waals surface area contributed by atoms with Gasteiger partial charge in [-0.2, -0.15) is 9.64 Å². The first-order valence-corrected chi connectivity index (χ1v) is 6.68. The number of aromatic nitrogens is 1. The smallest absolute Gasteiger partial charge is 0.162 e. The van der Waals surface area contributed by atoms with Crippen molar-refractivity contribution in [3.8, 4) is 6.07 Å². The van der Waals surface area contributed by atoms with Crippen molar-refractivity contribution in [3.05, 3.63) is 34.4 Å². The summed E-state index contributed by atoms with van der Waals surface area (Å²) >= 11 is 6.98. The summed E-state index contributed by atoms with van der Waals surface area (Å²) in [6, 6.07) is 5.59. The van der Waals surface area contributed by atoms with Crippen molar-refractivity contribution in [2.75, 3.05) is 19.0 Å². The van der Waals surface area contributed by atoms with Crippen LogP contribution in [0.2, 0.25) is 5.15 Å². The fourth-order valence-electron chi connectivity index (χ4n) is 1.63. The zero-order chi connectivity index (χ0) is 13.8. The van der Waals surface area contributed by atoms with Crippen LogP contribution in [-0.4, -0.2) is 18.1 Å². The molecule has 0 spiro atoms. The largest absolute Gasteiger partial charge is 0.464 e. The molecule has 0 saturated heterocycles. The minimum Gasteiger partial charge on any atom is -0.464 e. The highest BCUT2D eigenvalue weighted by Crippen LogP contribution is 2.31. The molecule has 5 nitrogen and oxygen atoms in total. The van der Waals surface area contributed by atoms with Crippen molar-refractivity contribution in [2.45, 2.75) is 13.0 Å². The molecule has 1 N–H and O–H groups in total. The maximum Gasteiger partial charge on any atom is 0.162 e. The molecule has 0 radical (unpaired) electrons. The van der Waals surface area contributed by atoms with Gasteiger partial charge in [0, 0.05) is 7.11 Å². The Hall–Kier alpha value is -1.55. The Morgan fingerprint density at radius 3 is 3.00 bits per heavy atom. The van der Waals surface area contributed by atoms with E-state index < -0.39 is 0 Å². The van der Waals surface area contributed by atoms with Gasteiger partial charge in [-0.15, -0.1) is 0 Å². The van der Waals surface area contributed by atoms with Crippen LogP contribution in [0.25, 0.3) is 0 Å². The lowest BCUT2D eigenvalue weighted by Gasteiger charge is -2.15. The van der Waals surface area contributed by atoms with Crippen molar-refractivity contribution in [3.63, 3.8) is 0 Å². The first kappa shape index (κ1) is 13.9. The molecular weight excluding hydrogens is 286 g/mol. The van der Waals surface area contributed by atoms with Crippen LogP contribution in [0.15, 0.2) is 16.5 Å². The van der Waals surface area contributed by atoms with Crippen molar-refractivity contribution >= 4 is 28.1 Å². The van der Waals surface area contributed by atoms with E-state index in [-0.39, 0.29) is 11.2 Å². The number of halogens is 1. The van der Waals surface area contributed by atoms with Gasteiger partial charge >= 0.3 is 0 Å². The average Bonchev–Trinajstić information content (AvgIpc) is 2.95. The van der Waals surface area contributed by atoms with Crippen molar-refractivity contribution < 1.29 is 9.15 Å². The Morgan fingerprint density at radius 2 is 2.42 bits per heavy atom. The highest BCUT2D eigenvalue weighted by molar-refractivity contribution is 7.10. The van der Waals surface area contributed by atoms with Crippen LogP contribution in [-0.2, 0) is 4.74 Å². The molecule has 0 aliphatic carbocycles. The predicted octanol–water partition coefficient (Wildman–Crippen LogP) is 3.37. The molecule has 0 aliphatic rings. The van der Waals surface area contributed by atoms with Crippen LogP contribution in [0, 0.1) is 18.3 Å². The summed E-state index contributed by atoms with van der Waals surface area (Å²) in [5.74, 6) is 1.56. The monoisotopic (exact) mass is 297 g/mol. The minimum atomic E-state index is -0.192. The molecule has 0 fully saturated rings. The zero-order valence-electron chi connectivity index (χ0n) is 10.4. The number of nitrogens with zero attached hydrogens (tertiary/aromatic N) is 2. The summed E-state index contributed by atoms with van der Waals surface area (Å²) in [7, 11) is 1.61. The second-order valence-corrected chi connectivity index (χ2v) is 5.02. The normalized spacial score (nSPS) is 12.1. The van der Waals surface area contributed by atoms with E-state index in [9.17, 15) is 0 Å². The molecule has 1 atom stereocenters. The Labute approximate surface area is 119 Å². The maximum atomic E-state index is 9.04. The lowest BCUT2D eigenvalue weighted by Crippen LogP contribution is -2.15. The third-order valence-corrected chi connectivity index (χ3v) is 3.66. The number of furan rings is 1. The van der Waals surface area contributed by atoms with Crippen LogP contribution in [0.3, 0.4) is 0 Å². The molecule has 0 saturated carbocycles. The molecule has 100 valence electrons. The van der Waals surface area contributed by atoms with Gasteiger partial charge < -0.3 is 14.5 Å². The molecule has 2 aromatic rings. The summed E-state index contributed by atoms with van der Waals surface area (Å²) in [6.07, 6.45) is 0. The van der Waals surface area contributed by atoms with Crippen LogP contribution in [0.1, 0.15) is 23.1 Å². The number of aryl methyl sites for hydroxylation is 1. The minimum absolute atomic E-state index is 0.192. The number of rotatable bonds is 5. The molecule has 7 heteroatoms. The standard InChI is InChI=1S/C12H12ClN3O2S/c1-7-3-4-10(18-7)9(6-17-2)15-12-8(5-14)11(13)16-19-12/h3-4,9,15H,6H2,1-2H3. The topological polar surface area (TPSA) is 71.1 Å². The van der Waals surface area contributed by atoms with Gasteiger partial charge in [-0.25, -0.2) is 0 Å². The summed E-state index contributed by atoms with van der Waals surface area (Å²) in [5.41, 5.74) is 0.344. The van der Waals surface area contributed by atoms with Crippen LogP contribution >= 0.6 is 23.1 Å². The van der Waals surface area contributed by atoms with Crippen LogP contribution in [0.4, 0.5) is 5.00 Å². The molecule has 19 heavy (non-hydrogen) atoms. The SMILES string of the molecule is COCC(Nc1snc(Cl)c1C#N)c1ccc(C)o1. The summed E-state index contributed by atoms with van der Waals surface area (Å²) in [6.45, 7) is 2.28. The number of nitrogens with one attached hydrogen (secondary N) is 1. The first-order valence-electron chi connectivity index (χ1n) is 5.52. The molecule has 0 aromatic carbocycles. The summed E-state index contributed by atoms with van der Waals surface area (Å²) in [5, 5.41) is 13.0. The Morgan fingerprint density at radius 1 is 1.63 bits per heavy atom. The van der Waals surface area contributed by atoms with Gasteiger partial charge in [-0.05, 0) is 30.6 Å². The highest BCUT2D eigenvalue weighted by Gasteiger charge is 2.19. The van der Waals surface area contributed by atoms with E-state index in [1.807, 2.05) is 25.1 Å². The molecule has 0 bridgehead atoms. The van der Waals surface area contributed by atoms with Gasteiger partial charge in [0.1, 0.15) is 34.2 Å². The number of ether oxygens (including phenoxy) is 1. The van der Waals surface area contributed by atoms with Gasteiger partial charge in [0.25, 0.3) is 0 Å². The number of hydrogen-bond donors (Lipinski definition) is 1. The Balaban J connectivity index is 2.24. The third-order valence-electron chi connectivity index (χ3n) is 2.51. The fourth-order valence-corrected chi connectivity index (χ4v) is 2.61. The molecule has 2 heterocycles. The zero-order valence-corrected chi connectivity index (χ0v) is 12.0. The fraction of sp³-hybridized carbons (Fsp3) is 0.333. The predicted molar refractivity (Wildman–Crippen MR) is 73.5 cm³/mol. The van der Waals surface area contributed by atoms with Crippen molar-refractivity contribution in [2.24, 2.45) is 0 Å². The number of hydrogen-bond acceptors (Lipinski definition) is 6. The lowest BCUT2D eigenvalue weighted by atomic mass is 10.2. The van der Waals surface area contributed by atoms with Gasteiger partial charge in [-0.3, -0.25) is 0 Å². The molecule has 1 unspecified atom stereocenters. The lowest BCUT2D eigenvalue weighted by molar-refractivity contribution is 0.178. The highest BCUT2D eigenvalue weighted by atomic mass is 35.5. The molecule has 2 rings (SSSR count). The van der Waals surface area contributed by atoms with Gasteiger partial charge in [-0.1, -0.05) is 11.6 Å². The first-order chi connectivity index (χ1) is 9.15. The van der Waals surface area contributed by atoms with E-state index in [1.54, 1.807) is 7.11 Å². The quantitative estimate of drug-likeness (QED) is 0.916. The van der Waals surface area contributed by atoms with Crippen molar-refractivity contribution in [1.82, 2.24) is 4.37 Å². The van der Waals surface area contributed by atoms with E-state index in [4.69, 9.17) is 26.0 Å². The number of anilines is 1. The molecule has 0 aliphatic heterocycles. The summed E-state index contributed by atoms with van der Waals surface area (Å²) in [4.78, 5) is 0. The van der Waals surface area contributed by atoms with Gasteiger partial charge in [0.05, 0.1) is 6.61 Å². The van der Waals surface area contributed by atoms with Gasteiger partial charge in [0.15, 0.2) is 5.15 Å². The van der Waals surface area contributed by atoms with Crippen LogP contribution < -0.4 is 5.32 Å². The molecule has 0 amide bonds. The molecular formula is C12H12ClN3O2S. The Bertz CT molecular complexity index is 602. The third kappa shape index (κ3) is 3.07. The summed E-state index contributed by atoms with van der Waals surface area (Å²) < 4.78 is 14.7. The second-order valence-electron chi connectivity index (χ2n) is 3.89. The number of nitriles is 1. The maximum absolute atomic E-state index is 9.04. The van der Waals surface area contributed by atoms with Crippen molar-refractivity contribution in [1.29, 1.82) is 5.26 Å². The van der Waals surface area contributed by atoms with Crippen LogP contribution in [0.5, 0.6) is 0 Å². The average molecular weight is 298 g/mol. The van der Waals surface area contributed by atoms with Gasteiger partial charge in [0.2, 0.25) is 0 Å². The van der Waals surface area contributed by atoms with E-state index in [0.29, 0.717) is 17.2 Å².